The van der Waals surface area contributed by atoms with Gasteiger partial charge in [0, 0.05) is 31.6 Å². The van der Waals surface area contributed by atoms with Gasteiger partial charge in [0.05, 0.1) is 35.4 Å². The van der Waals surface area contributed by atoms with E-state index in [1.165, 1.54) is 4.90 Å². The summed E-state index contributed by atoms with van der Waals surface area (Å²) >= 11 is 0. The van der Waals surface area contributed by atoms with Gasteiger partial charge in [-0.2, -0.15) is 0 Å². The molecule has 0 fully saturated rings. The second kappa shape index (κ2) is 5.79. The fraction of sp³-hybridized carbons (Fsp3) is 0.368. The summed E-state index contributed by atoms with van der Waals surface area (Å²) in [5, 5.41) is 0. The van der Waals surface area contributed by atoms with Crippen molar-refractivity contribution in [2.24, 2.45) is 7.05 Å². The zero-order valence-electron chi connectivity index (χ0n) is 15.0. The molecule has 0 spiro atoms. The third-order valence-electron chi connectivity index (χ3n) is 5.07. The fourth-order valence-corrected chi connectivity index (χ4v) is 3.63. The molecule has 1 aromatic heterocycles. The van der Waals surface area contributed by atoms with Crippen LogP contribution in [0.3, 0.4) is 0 Å². The maximum absolute atomic E-state index is 12.9. The number of imidazole rings is 1. The summed E-state index contributed by atoms with van der Waals surface area (Å²) in [4.78, 5) is 45.2. The first-order chi connectivity index (χ1) is 12.4. The zero-order valence-corrected chi connectivity index (χ0v) is 15.0. The van der Waals surface area contributed by atoms with E-state index in [-0.39, 0.29) is 23.8 Å². The topological polar surface area (TPSA) is 75.5 Å². The molecule has 2 aliphatic heterocycles. The van der Waals surface area contributed by atoms with E-state index in [1.54, 1.807) is 43.3 Å². The van der Waals surface area contributed by atoms with E-state index < -0.39 is 0 Å². The molecule has 0 N–H and O–H groups in total. The summed E-state index contributed by atoms with van der Waals surface area (Å²) in [5.74, 6) is -0.762. The lowest BCUT2D eigenvalue weighted by Gasteiger charge is -2.27. The molecule has 0 saturated carbocycles. The van der Waals surface area contributed by atoms with E-state index in [1.807, 2.05) is 11.6 Å². The van der Waals surface area contributed by atoms with Crippen molar-refractivity contribution in [1.29, 1.82) is 0 Å². The van der Waals surface area contributed by atoms with Crippen LogP contribution in [-0.2, 0) is 20.0 Å². The average molecular weight is 352 g/mol. The molecule has 0 bridgehead atoms. The molecule has 7 nitrogen and oxygen atoms in total. The number of aromatic nitrogens is 2. The molecular formula is C19H20N4O3. The van der Waals surface area contributed by atoms with Gasteiger partial charge in [0.1, 0.15) is 0 Å². The fourth-order valence-electron chi connectivity index (χ4n) is 3.63. The lowest BCUT2D eigenvalue weighted by molar-refractivity contribution is 0.0608. The lowest BCUT2D eigenvalue weighted by Crippen LogP contribution is -2.36. The van der Waals surface area contributed by atoms with Crippen molar-refractivity contribution < 1.29 is 14.4 Å². The van der Waals surface area contributed by atoms with Crippen LogP contribution >= 0.6 is 0 Å². The Morgan fingerprint density at radius 2 is 1.88 bits per heavy atom. The van der Waals surface area contributed by atoms with Crippen LogP contribution in [0.15, 0.2) is 24.5 Å². The molecule has 0 atom stereocenters. The number of fused-ring (bicyclic) bond motifs is 2. The lowest BCUT2D eigenvalue weighted by atomic mass is 10.0. The van der Waals surface area contributed by atoms with Gasteiger partial charge in [0.25, 0.3) is 17.7 Å². The van der Waals surface area contributed by atoms with Gasteiger partial charge in [-0.3, -0.25) is 19.3 Å². The van der Waals surface area contributed by atoms with Gasteiger partial charge in [0.2, 0.25) is 0 Å². The van der Waals surface area contributed by atoms with E-state index in [4.69, 9.17) is 0 Å². The maximum Gasteiger partial charge on any atom is 0.261 e. The predicted molar refractivity (Wildman–Crippen MR) is 93.7 cm³/mol. The van der Waals surface area contributed by atoms with E-state index in [2.05, 4.69) is 4.98 Å². The normalized spacial score (nSPS) is 16.3. The Labute approximate surface area is 151 Å². The standard InChI is InChI=1S/C19H20N4O3/c1-11(2)23-18(25)13-5-4-12(8-14(13)19(23)26)17(24)22-7-6-15-16(9-22)21(3)10-20-15/h4-5,8,10-11H,6-7,9H2,1-3H3. The third-order valence-corrected chi connectivity index (χ3v) is 5.07. The number of hydrogen-bond donors (Lipinski definition) is 0. The number of carbonyl (C=O) groups excluding carboxylic acids is 3. The molecule has 0 saturated heterocycles. The number of hydrogen-bond acceptors (Lipinski definition) is 4. The molecule has 0 unspecified atom stereocenters. The Bertz CT molecular complexity index is 944. The molecule has 134 valence electrons. The number of carbonyl (C=O) groups is 3. The molecule has 3 heterocycles. The summed E-state index contributed by atoms with van der Waals surface area (Å²) in [6.07, 6.45) is 2.48. The first-order valence-corrected chi connectivity index (χ1v) is 8.68. The highest BCUT2D eigenvalue weighted by atomic mass is 16.2. The minimum absolute atomic E-state index is 0.136. The Balaban J connectivity index is 1.63. The largest absolute Gasteiger partial charge is 0.336 e. The number of benzene rings is 1. The van der Waals surface area contributed by atoms with E-state index in [0.717, 1.165) is 11.4 Å². The van der Waals surface area contributed by atoms with Crippen LogP contribution in [0.25, 0.3) is 0 Å². The molecule has 26 heavy (non-hydrogen) atoms. The van der Waals surface area contributed by atoms with Crippen molar-refractivity contribution in [2.75, 3.05) is 6.54 Å². The Morgan fingerprint density at radius 3 is 2.62 bits per heavy atom. The van der Waals surface area contributed by atoms with E-state index >= 15 is 0 Å². The van der Waals surface area contributed by atoms with Crippen LogP contribution < -0.4 is 0 Å². The molecule has 1 aromatic carbocycles. The number of amides is 3. The van der Waals surface area contributed by atoms with Crippen molar-refractivity contribution >= 4 is 17.7 Å². The number of nitrogens with zero attached hydrogens (tertiary/aromatic N) is 4. The molecule has 2 aliphatic rings. The molecule has 2 aromatic rings. The smallest absolute Gasteiger partial charge is 0.261 e. The van der Waals surface area contributed by atoms with Gasteiger partial charge in [-0.05, 0) is 32.0 Å². The Hall–Kier alpha value is -2.96. The molecule has 0 radical (unpaired) electrons. The van der Waals surface area contributed by atoms with Crippen molar-refractivity contribution in [1.82, 2.24) is 19.4 Å². The first-order valence-electron chi connectivity index (χ1n) is 8.68. The number of rotatable bonds is 2. The van der Waals surface area contributed by atoms with Gasteiger partial charge >= 0.3 is 0 Å². The molecule has 7 heteroatoms. The average Bonchev–Trinajstić information content (AvgIpc) is 3.12. The van der Waals surface area contributed by atoms with Crippen LogP contribution in [0, 0.1) is 0 Å². The molecule has 4 rings (SSSR count). The Kier molecular flexibility index (Phi) is 3.68. The summed E-state index contributed by atoms with van der Waals surface area (Å²) in [7, 11) is 1.92. The minimum atomic E-state index is -0.331. The van der Waals surface area contributed by atoms with Gasteiger partial charge < -0.3 is 9.47 Å². The SMILES string of the molecule is CC(C)N1C(=O)c2ccc(C(=O)N3CCc4ncn(C)c4C3)cc2C1=O. The summed E-state index contributed by atoms with van der Waals surface area (Å²) in [5.41, 5.74) is 3.17. The summed E-state index contributed by atoms with van der Waals surface area (Å²) in [6.45, 7) is 4.68. The summed E-state index contributed by atoms with van der Waals surface area (Å²) in [6, 6.07) is 4.56. The van der Waals surface area contributed by atoms with Crippen LogP contribution in [0.2, 0.25) is 0 Å². The van der Waals surface area contributed by atoms with Crippen molar-refractivity contribution in [3.05, 3.63) is 52.6 Å². The van der Waals surface area contributed by atoms with Crippen LogP contribution in [0.4, 0.5) is 0 Å². The minimum Gasteiger partial charge on any atom is -0.336 e. The number of imide groups is 1. The first kappa shape index (κ1) is 16.5. The van der Waals surface area contributed by atoms with Gasteiger partial charge in [0.15, 0.2) is 0 Å². The van der Waals surface area contributed by atoms with Crippen molar-refractivity contribution in [3.63, 3.8) is 0 Å². The van der Waals surface area contributed by atoms with Crippen LogP contribution in [0.5, 0.6) is 0 Å². The van der Waals surface area contributed by atoms with Crippen molar-refractivity contribution in [2.45, 2.75) is 32.9 Å². The molecule has 0 aliphatic carbocycles. The van der Waals surface area contributed by atoms with Gasteiger partial charge in [-0.25, -0.2) is 4.98 Å². The molecular weight excluding hydrogens is 332 g/mol. The van der Waals surface area contributed by atoms with Crippen LogP contribution in [0.1, 0.15) is 56.3 Å². The van der Waals surface area contributed by atoms with Gasteiger partial charge in [-0.1, -0.05) is 0 Å². The monoisotopic (exact) mass is 352 g/mol. The van der Waals surface area contributed by atoms with E-state index in [0.29, 0.717) is 36.2 Å². The highest BCUT2D eigenvalue weighted by Gasteiger charge is 2.37. The quantitative estimate of drug-likeness (QED) is 0.770. The second-order valence-electron chi connectivity index (χ2n) is 7.06. The van der Waals surface area contributed by atoms with Crippen molar-refractivity contribution in [3.8, 4) is 0 Å². The highest BCUT2D eigenvalue weighted by Crippen LogP contribution is 2.27. The molecule has 3 amide bonds. The van der Waals surface area contributed by atoms with Gasteiger partial charge in [-0.15, -0.1) is 0 Å². The highest BCUT2D eigenvalue weighted by molar-refractivity contribution is 6.22. The number of aryl methyl sites for hydroxylation is 1. The second-order valence-corrected chi connectivity index (χ2v) is 7.06. The maximum atomic E-state index is 12.9. The predicted octanol–water partition coefficient (Wildman–Crippen LogP) is 1.62. The zero-order chi connectivity index (χ0) is 18.6. The van der Waals surface area contributed by atoms with E-state index in [9.17, 15) is 14.4 Å². The third kappa shape index (κ3) is 2.34. The Morgan fingerprint density at radius 1 is 1.15 bits per heavy atom. The van der Waals surface area contributed by atoms with Crippen LogP contribution in [-0.4, -0.2) is 49.7 Å². The summed E-state index contributed by atoms with van der Waals surface area (Å²) < 4.78 is 1.93.